The molecule has 1 N–H and O–H groups in total. The number of halogens is 2. The summed E-state index contributed by atoms with van der Waals surface area (Å²) in [6.07, 6.45) is -1.05. The van der Waals surface area contributed by atoms with E-state index in [2.05, 4.69) is 5.32 Å². The van der Waals surface area contributed by atoms with Crippen LogP contribution >= 0.6 is 0 Å². The highest BCUT2D eigenvalue weighted by molar-refractivity contribution is 4.98. The van der Waals surface area contributed by atoms with E-state index in [0.29, 0.717) is 0 Å². The van der Waals surface area contributed by atoms with E-state index < -0.39 is 6.43 Å². The Morgan fingerprint density at radius 1 is 1.62 bits per heavy atom. The van der Waals surface area contributed by atoms with E-state index in [0.717, 1.165) is 0 Å². The van der Waals surface area contributed by atoms with E-state index >= 15 is 0 Å². The zero-order valence-corrected chi connectivity index (χ0v) is 4.91. The van der Waals surface area contributed by atoms with E-state index in [9.17, 15) is 8.78 Å². The van der Waals surface area contributed by atoms with Crippen LogP contribution in [0.2, 0.25) is 0 Å². The lowest BCUT2D eigenvalue weighted by molar-refractivity contribution is 0.189. The molecule has 0 aromatic carbocycles. The zero-order valence-electron chi connectivity index (χ0n) is 4.91. The van der Waals surface area contributed by atoms with Gasteiger partial charge >= 0.3 is 0 Å². The summed E-state index contributed by atoms with van der Waals surface area (Å²) in [5.41, 5.74) is 0.0625. The van der Waals surface area contributed by atoms with Gasteiger partial charge in [0, 0.05) is 18.8 Å². The summed E-state index contributed by atoms with van der Waals surface area (Å²) in [5.74, 6) is 0. The minimum Gasteiger partial charge on any atom is -0.394 e. The van der Waals surface area contributed by atoms with Crippen LogP contribution < -0.4 is 5.32 Å². The molecule has 0 saturated carbocycles. The van der Waals surface area contributed by atoms with Crippen LogP contribution in [0.25, 0.3) is 0 Å². The Bertz CT molecular complexity index is 88.4. The third kappa shape index (κ3) is 2.55. The fourth-order valence-electron chi connectivity index (χ4n) is 0.291. The number of alkyl halides is 2. The van der Waals surface area contributed by atoms with Crippen LogP contribution in [0.15, 0.2) is 11.8 Å². The maximum atomic E-state index is 11.5. The lowest BCUT2D eigenvalue weighted by atomic mass is 10.3. The maximum absolute atomic E-state index is 11.5. The van der Waals surface area contributed by atoms with Crippen molar-refractivity contribution in [2.24, 2.45) is 0 Å². The summed E-state index contributed by atoms with van der Waals surface area (Å²) in [7, 11) is 1.59. The van der Waals surface area contributed by atoms with Gasteiger partial charge in [-0.05, 0) is 6.92 Å². The van der Waals surface area contributed by atoms with Gasteiger partial charge in [0.2, 0.25) is 0 Å². The number of rotatable bonds is 2. The Balaban J connectivity index is 3.61. The quantitative estimate of drug-likeness (QED) is 0.581. The van der Waals surface area contributed by atoms with Gasteiger partial charge < -0.3 is 5.32 Å². The summed E-state index contributed by atoms with van der Waals surface area (Å²) >= 11 is 0. The van der Waals surface area contributed by atoms with Crippen molar-refractivity contribution in [3.8, 4) is 0 Å². The molecule has 0 aliphatic rings. The molecule has 0 rings (SSSR count). The number of hydrogen-bond acceptors (Lipinski definition) is 1. The summed E-state index contributed by atoms with van der Waals surface area (Å²) in [6.45, 7) is 1.38. The van der Waals surface area contributed by atoms with E-state index in [1.54, 1.807) is 7.05 Å². The lowest BCUT2D eigenvalue weighted by Crippen LogP contribution is -1.99. The SMILES string of the molecule is CN/C=C(\C)C(F)F. The molecule has 0 amide bonds. The molecular formula is C5H9F2N. The molecule has 0 spiro atoms. The molecule has 1 nitrogen and oxygen atoms in total. The maximum Gasteiger partial charge on any atom is 0.261 e. The first-order valence-corrected chi connectivity index (χ1v) is 2.30. The summed E-state index contributed by atoms with van der Waals surface area (Å²) in [5, 5.41) is 2.51. The second-order valence-electron chi connectivity index (χ2n) is 1.48. The van der Waals surface area contributed by atoms with Crippen LogP contribution in [-0.2, 0) is 0 Å². The molecule has 0 heterocycles. The van der Waals surface area contributed by atoms with E-state index in [4.69, 9.17) is 0 Å². The number of nitrogens with one attached hydrogen (secondary N) is 1. The standard InChI is InChI=1S/C5H9F2N/c1-4(3-8-2)5(6)7/h3,5,8H,1-2H3/b4-3+. The van der Waals surface area contributed by atoms with Gasteiger partial charge in [-0.25, -0.2) is 8.78 Å². The van der Waals surface area contributed by atoms with Crippen molar-refractivity contribution in [2.45, 2.75) is 13.3 Å². The third-order valence-corrected chi connectivity index (χ3v) is 0.716. The van der Waals surface area contributed by atoms with E-state index in [1.165, 1.54) is 13.1 Å². The lowest BCUT2D eigenvalue weighted by Gasteiger charge is -1.95. The molecule has 0 aliphatic carbocycles. The largest absolute Gasteiger partial charge is 0.394 e. The monoisotopic (exact) mass is 121 g/mol. The van der Waals surface area contributed by atoms with Crippen LogP contribution in [0.3, 0.4) is 0 Å². The molecule has 0 bridgehead atoms. The van der Waals surface area contributed by atoms with Crippen LogP contribution in [0, 0.1) is 0 Å². The highest BCUT2D eigenvalue weighted by Gasteiger charge is 2.01. The topological polar surface area (TPSA) is 12.0 Å². The molecule has 0 fully saturated rings. The number of hydrogen-bond donors (Lipinski definition) is 1. The molecule has 0 radical (unpaired) electrons. The van der Waals surface area contributed by atoms with Crippen molar-refractivity contribution in [1.29, 1.82) is 0 Å². The van der Waals surface area contributed by atoms with Gasteiger partial charge in [0.05, 0.1) is 0 Å². The Hall–Kier alpha value is -0.600. The van der Waals surface area contributed by atoms with Crippen molar-refractivity contribution in [3.63, 3.8) is 0 Å². The van der Waals surface area contributed by atoms with E-state index in [-0.39, 0.29) is 5.57 Å². The average Bonchev–Trinajstić information content (AvgIpc) is 1.67. The van der Waals surface area contributed by atoms with Gasteiger partial charge in [-0.1, -0.05) is 0 Å². The Labute approximate surface area is 47.4 Å². The van der Waals surface area contributed by atoms with Crippen LogP contribution in [0.1, 0.15) is 6.92 Å². The minimum atomic E-state index is -2.33. The van der Waals surface area contributed by atoms with Crippen LogP contribution in [-0.4, -0.2) is 13.5 Å². The molecule has 0 saturated heterocycles. The molecule has 8 heavy (non-hydrogen) atoms. The van der Waals surface area contributed by atoms with Gasteiger partial charge in [0.25, 0.3) is 6.43 Å². The summed E-state index contributed by atoms with van der Waals surface area (Å²) in [4.78, 5) is 0. The molecular weight excluding hydrogens is 112 g/mol. The first-order valence-electron chi connectivity index (χ1n) is 2.30. The van der Waals surface area contributed by atoms with Crippen molar-refractivity contribution in [1.82, 2.24) is 5.32 Å². The normalized spacial score (nSPS) is 12.4. The third-order valence-electron chi connectivity index (χ3n) is 0.716. The Kier molecular flexibility index (Phi) is 3.15. The predicted octanol–water partition coefficient (Wildman–Crippen LogP) is 1.37. The van der Waals surface area contributed by atoms with Crippen LogP contribution in [0.5, 0.6) is 0 Å². The van der Waals surface area contributed by atoms with Crippen molar-refractivity contribution >= 4 is 0 Å². The highest BCUT2D eigenvalue weighted by atomic mass is 19.3. The molecule has 0 aliphatic heterocycles. The van der Waals surface area contributed by atoms with Gasteiger partial charge in [0.15, 0.2) is 0 Å². The second kappa shape index (κ2) is 3.41. The summed E-state index contributed by atoms with van der Waals surface area (Å²) in [6, 6.07) is 0. The van der Waals surface area contributed by atoms with Crippen molar-refractivity contribution in [3.05, 3.63) is 11.8 Å². The summed E-state index contributed by atoms with van der Waals surface area (Å²) < 4.78 is 23.0. The highest BCUT2D eigenvalue weighted by Crippen LogP contribution is 2.04. The predicted molar refractivity (Wildman–Crippen MR) is 28.8 cm³/mol. The van der Waals surface area contributed by atoms with Gasteiger partial charge in [0.1, 0.15) is 0 Å². The van der Waals surface area contributed by atoms with E-state index in [1.807, 2.05) is 0 Å². The Morgan fingerprint density at radius 2 is 2.12 bits per heavy atom. The molecule has 0 unspecified atom stereocenters. The average molecular weight is 121 g/mol. The van der Waals surface area contributed by atoms with Crippen molar-refractivity contribution < 1.29 is 8.78 Å². The van der Waals surface area contributed by atoms with Gasteiger partial charge in [-0.3, -0.25) is 0 Å². The van der Waals surface area contributed by atoms with Gasteiger partial charge in [-0.2, -0.15) is 0 Å². The first kappa shape index (κ1) is 7.40. The fourth-order valence-corrected chi connectivity index (χ4v) is 0.291. The first-order chi connectivity index (χ1) is 3.68. The Morgan fingerprint density at radius 3 is 2.25 bits per heavy atom. The number of allylic oxidation sites excluding steroid dienone is 1. The minimum absolute atomic E-state index is 0.0625. The second-order valence-corrected chi connectivity index (χ2v) is 1.48. The molecule has 3 heteroatoms. The molecule has 48 valence electrons. The fraction of sp³-hybridized carbons (Fsp3) is 0.600. The molecule has 0 aromatic rings. The van der Waals surface area contributed by atoms with Crippen molar-refractivity contribution in [2.75, 3.05) is 7.05 Å². The molecule has 0 aromatic heterocycles. The van der Waals surface area contributed by atoms with Crippen LogP contribution in [0.4, 0.5) is 8.78 Å². The zero-order chi connectivity index (χ0) is 6.57. The smallest absolute Gasteiger partial charge is 0.261 e. The molecule has 0 atom stereocenters. The van der Waals surface area contributed by atoms with Gasteiger partial charge in [-0.15, -0.1) is 0 Å².